The van der Waals surface area contributed by atoms with Gasteiger partial charge in [-0.15, -0.1) is 0 Å². The first-order valence-electron chi connectivity index (χ1n) is 2.61. The van der Waals surface area contributed by atoms with E-state index < -0.39 is 11.1 Å². The molecule has 0 spiro atoms. The number of pyridine rings is 1. The van der Waals surface area contributed by atoms with E-state index in [1.165, 1.54) is 6.20 Å². The molecule has 0 aliphatic rings. The van der Waals surface area contributed by atoms with Crippen LogP contribution in [0.4, 0.5) is 4.39 Å². The summed E-state index contributed by atoms with van der Waals surface area (Å²) in [6.45, 7) is 0. The number of halogens is 3. The average Bonchev–Trinajstić information content (AvgIpc) is 1.85. The minimum atomic E-state index is -0.836. The lowest BCUT2D eigenvalue weighted by Crippen LogP contribution is -1.96. The van der Waals surface area contributed by atoms with E-state index in [1.54, 1.807) is 0 Å². The lowest BCUT2D eigenvalue weighted by Gasteiger charge is -1.97. The Morgan fingerprint density at radius 1 is 1.64 bits per heavy atom. The van der Waals surface area contributed by atoms with E-state index in [4.69, 9.17) is 11.6 Å². The van der Waals surface area contributed by atoms with Gasteiger partial charge in [-0.2, -0.15) is 0 Å². The summed E-state index contributed by atoms with van der Waals surface area (Å²) in [5.74, 6) is -0.723. The first-order valence-corrected chi connectivity index (χ1v) is 3.79. The monoisotopic (exact) mass is 237 g/mol. The van der Waals surface area contributed by atoms with Gasteiger partial charge in [-0.1, -0.05) is 0 Å². The van der Waals surface area contributed by atoms with Crippen LogP contribution in [0.25, 0.3) is 0 Å². The zero-order valence-corrected chi connectivity index (χ0v) is 7.49. The molecule has 1 aromatic heterocycles. The van der Waals surface area contributed by atoms with Crippen molar-refractivity contribution in [3.63, 3.8) is 0 Å². The molecular weight excluding hydrogens is 236 g/mol. The van der Waals surface area contributed by atoms with E-state index in [9.17, 15) is 9.18 Å². The van der Waals surface area contributed by atoms with E-state index in [1.807, 2.05) is 0 Å². The first-order chi connectivity index (χ1) is 5.13. The molecule has 1 heterocycles. The van der Waals surface area contributed by atoms with Gasteiger partial charge < -0.3 is 0 Å². The maximum absolute atomic E-state index is 12.7. The number of hydrogen-bond acceptors (Lipinski definition) is 2. The minimum absolute atomic E-state index is 0.179. The number of nitrogens with zero attached hydrogens (tertiary/aromatic N) is 1. The summed E-state index contributed by atoms with van der Waals surface area (Å²) >= 11 is 8.02. The van der Waals surface area contributed by atoms with Crippen molar-refractivity contribution in [3.8, 4) is 0 Å². The predicted octanol–water partition coefficient (Wildman–Crippen LogP) is 2.36. The second-order valence-electron chi connectivity index (χ2n) is 1.75. The largest absolute Gasteiger partial charge is 0.275 e. The normalized spacial score (nSPS) is 9.73. The molecule has 11 heavy (non-hydrogen) atoms. The van der Waals surface area contributed by atoms with Gasteiger partial charge in [0.15, 0.2) is 5.82 Å². The summed E-state index contributed by atoms with van der Waals surface area (Å²) in [6, 6.07) is 0. The third-order valence-electron chi connectivity index (χ3n) is 1.05. The van der Waals surface area contributed by atoms with Gasteiger partial charge in [-0.05, 0) is 27.5 Å². The Balaban J connectivity index is 3.32. The van der Waals surface area contributed by atoms with E-state index in [2.05, 4.69) is 20.9 Å². The summed E-state index contributed by atoms with van der Waals surface area (Å²) in [6.07, 6.45) is 2.24. The number of carbonyl (C=O) groups excluding carboxylic acids is 1. The van der Waals surface area contributed by atoms with Crippen molar-refractivity contribution >= 4 is 32.8 Å². The molecule has 0 atom stereocenters. The maximum atomic E-state index is 12.7. The van der Waals surface area contributed by atoms with Crippen LogP contribution in [-0.2, 0) is 0 Å². The SMILES string of the molecule is O=C(Cl)c1c(F)cncc1Br. The summed E-state index contributed by atoms with van der Waals surface area (Å²) in [4.78, 5) is 14.0. The van der Waals surface area contributed by atoms with Crippen molar-refractivity contribution in [2.24, 2.45) is 0 Å². The van der Waals surface area contributed by atoms with Crippen LogP contribution in [0.15, 0.2) is 16.9 Å². The third kappa shape index (κ3) is 1.75. The third-order valence-corrected chi connectivity index (χ3v) is 1.84. The van der Waals surface area contributed by atoms with Gasteiger partial charge in [0.25, 0.3) is 5.24 Å². The highest BCUT2D eigenvalue weighted by molar-refractivity contribution is 9.10. The Labute approximate surface area is 75.5 Å². The Hall–Kier alpha value is -0.480. The molecule has 0 amide bonds. The molecule has 0 aliphatic heterocycles. The van der Waals surface area contributed by atoms with Crippen LogP contribution in [0.1, 0.15) is 10.4 Å². The highest BCUT2D eigenvalue weighted by Crippen LogP contribution is 2.19. The molecule has 58 valence electrons. The molecule has 0 saturated carbocycles. The minimum Gasteiger partial charge on any atom is -0.275 e. The Morgan fingerprint density at radius 2 is 2.27 bits per heavy atom. The second-order valence-corrected chi connectivity index (χ2v) is 2.95. The first kappa shape index (κ1) is 8.62. The van der Waals surface area contributed by atoms with Gasteiger partial charge in [-0.3, -0.25) is 9.78 Å². The molecule has 0 unspecified atom stereocenters. The zero-order valence-electron chi connectivity index (χ0n) is 5.14. The van der Waals surface area contributed by atoms with Crippen LogP contribution in [0.5, 0.6) is 0 Å². The van der Waals surface area contributed by atoms with Crippen molar-refractivity contribution in [2.75, 3.05) is 0 Å². The average molecular weight is 238 g/mol. The van der Waals surface area contributed by atoms with Gasteiger partial charge in [0.05, 0.1) is 16.2 Å². The summed E-state index contributed by atoms with van der Waals surface area (Å²) in [5.41, 5.74) is -0.179. The van der Waals surface area contributed by atoms with Gasteiger partial charge in [-0.25, -0.2) is 4.39 Å². The Bertz CT molecular complexity index is 284. The molecule has 0 N–H and O–H groups in total. The van der Waals surface area contributed by atoms with Gasteiger partial charge in [0, 0.05) is 6.20 Å². The van der Waals surface area contributed by atoms with Crippen molar-refractivity contribution < 1.29 is 9.18 Å². The maximum Gasteiger partial charge on any atom is 0.256 e. The Morgan fingerprint density at radius 3 is 2.64 bits per heavy atom. The van der Waals surface area contributed by atoms with Crippen LogP contribution >= 0.6 is 27.5 Å². The lowest BCUT2D eigenvalue weighted by atomic mass is 10.3. The van der Waals surface area contributed by atoms with Crippen LogP contribution in [0.3, 0.4) is 0 Å². The van der Waals surface area contributed by atoms with Crippen LogP contribution in [0.2, 0.25) is 0 Å². The quantitative estimate of drug-likeness (QED) is 0.703. The standard InChI is InChI=1S/C6H2BrClFNO/c7-3-1-10-2-4(9)5(3)6(8)11/h1-2H. The predicted molar refractivity (Wildman–Crippen MR) is 42.1 cm³/mol. The van der Waals surface area contributed by atoms with Crippen molar-refractivity contribution in [1.29, 1.82) is 0 Å². The highest BCUT2D eigenvalue weighted by atomic mass is 79.9. The molecular formula is C6H2BrClFNO. The number of carbonyl (C=O) groups is 1. The van der Waals surface area contributed by atoms with E-state index in [0.29, 0.717) is 0 Å². The molecule has 0 aliphatic carbocycles. The molecule has 0 aromatic carbocycles. The van der Waals surface area contributed by atoms with Gasteiger partial charge in [0.2, 0.25) is 0 Å². The Kier molecular flexibility index (Phi) is 2.57. The fourth-order valence-corrected chi connectivity index (χ4v) is 1.39. The van der Waals surface area contributed by atoms with E-state index >= 15 is 0 Å². The number of hydrogen-bond donors (Lipinski definition) is 0. The van der Waals surface area contributed by atoms with E-state index in [0.717, 1.165) is 6.20 Å². The zero-order chi connectivity index (χ0) is 8.43. The van der Waals surface area contributed by atoms with Gasteiger partial charge >= 0.3 is 0 Å². The fourth-order valence-electron chi connectivity index (χ4n) is 0.599. The number of aromatic nitrogens is 1. The molecule has 5 heteroatoms. The molecule has 1 aromatic rings. The van der Waals surface area contributed by atoms with Crippen LogP contribution < -0.4 is 0 Å². The topological polar surface area (TPSA) is 30.0 Å². The van der Waals surface area contributed by atoms with Crippen LogP contribution in [0, 0.1) is 5.82 Å². The fraction of sp³-hybridized carbons (Fsp3) is 0. The summed E-state index contributed by atoms with van der Waals surface area (Å²) in [7, 11) is 0. The number of rotatable bonds is 1. The molecule has 2 nitrogen and oxygen atoms in total. The molecule has 0 bridgehead atoms. The highest BCUT2D eigenvalue weighted by Gasteiger charge is 2.12. The smallest absolute Gasteiger partial charge is 0.256 e. The molecule has 0 radical (unpaired) electrons. The molecule has 1 rings (SSSR count). The molecule has 0 saturated heterocycles. The second kappa shape index (κ2) is 3.28. The molecule has 0 fully saturated rings. The van der Waals surface area contributed by atoms with Crippen LogP contribution in [-0.4, -0.2) is 10.2 Å². The summed E-state index contributed by atoms with van der Waals surface area (Å²) in [5, 5.41) is -0.836. The van der Waals surface area contributed by atoms with Gasteiger partial charge in [0.1, 0.15) is 0 Å². The lowest BCUT2D eigenvalue weighted by molar-refractivity contribution is 0.107. The van der Waals surface area contributed by atoms with Crippen molar-refractivity contribution in [3.05, 3.63) is 28.2 Å². The van der Waals surface area contributed by atoms with Crippen molar-refractivity contribution in [2.45, 2.75) is 0 Å². The summed E-state index contributed by atoms with van der Waals surface area (Å²) < 4.78 is 13.0. The van der Waals surface area contributed by atoms with Crippen molar-refractivity contribution in [1.82, 2.24) is 4.98 Å². The van der Waals surface area contributed by atoms with E-state index in [-0.39, 0.29) is 10.0 Å².